The van der Waals surface area contributed by atoms with Crippen molar-refractivity contribution in [1.29, 1.82) is 0 Å². The summed E-state index contributed by atoms with van der Waals surface area (Å²) in [4.78, 5) is 4.17. The Labute approximate surface area is 114 Å². The van der Waals surface area contributed by atoms with Crippen molar-refractivity contribution in [3.05, 3.63) is 29.3 Å². The van der Waals surface area contributed by atoms with Gasteiger partial charge in [-0.3, -0.25) is 9.58 Å². The molecule has 2 aromatic heterocycles. The van der Waals surface area contributed by atoms with Crippen LogP contribution >= 0.6 is 15.9 Å². The van der Waals surface area contributed by atoms with Gasteiger partial charge in [0, 0.05) is 25.8 Å². The fraction of sp³-hybridized carbons (Fsp3) is 0.545. The summed E-state index contributed by atoms with van der Waals surface area (Å²) < 4.78 is 3.10. The number of likely N-dealkylation sites (tertiary alicyclic amines) is 1. The zero-order chi connectivity index (χ0) is 12.4. The number of halogens is 1. The van der Waals surface area contributed by atoms with Crippen molar-refractivity contribution in [3.63, 3.8) is 0 Å². The van der Waals surface area contributed by atoms with Crippen LogP contribution in [0.1, 0.15) is 12.5 Å². The Balaban J connectivity index is 1.52. The third-order valence-electron chi connectivity index (χ3n) is 3.27. The lowest BCUT2D eigenvalue weighted by atomic mass is 10.3. The summed E-state index contributed by atoms with van der Waals surface area (Å²) in [5.74, 6) is 0. The SMILES string of the molecule is Brc1cnn(C2CCN(CCn3nccn3)C2)c1. The number of hydrogen-bond acceptors (Lipinski definition) is 4. The molecule has 1 aliphatic rings. The van der Waals surface area contributed by atoms with E-state index in [-0.39, 0.29) is 0 Å². The highest BCUT2D eigenvalue weighted by Crippen LogP contribution is 2.22. The summed E-state index contributed by atoms with van der Waals surface area (Å²) in [6, 6.07) is 0.488. The molecule has 0 spiro atoms. The van der Waals surface area contributed by atoms with Crippen LogP contribution in [0.3, 0.4) is 0 Å². The van der Waals surface area contributed by atoms with Crippen LogP contribution in [0.25, 0.3) is 0 Å². The Bertz CT molecular complexity index is 493. The van der Waals surface area contributed by atoms with E-state index in [1.165, 1.54) is 0 Å². The van der Waals surface area contributed by atoms with Crippen molar-refractivity contribution >= 4 is 15.9 Å². The molecule has 0 saturated carbocycles. The van der Waals surface area contributed by atoms with E-state index in [9.17, 15) is 0 Å². The van der Waals surface area contributed by atoms with Gasteiger partial charge in [-0.05, 0) is 22.4 Å². The van der Waals surface area contributed by atoms with Gasteiger partial charge in [0.05, 0.1) is 35.6 Å². The first-order valence-corrected chi connectivity index (χ1v) is 6.87. The van der Waals surface area contributed by atoms with Crippen LogP contribution in [0.5, 0.6) is 0 Å². The van der Waals surface area contributed by atoms with E-state index < -0.39 is 0 Å². The Morgan fingerprint density at radius 1 is 1.22 bits per heavy atom. The monoisotopic (exact) mass is 310 g/mol. The Kier molecular flexibility index (Phi) is 3.42. The molecule has 1 unspecified atom stereocenters. The quantitative estimate of drug-likeness (QED) is 0.851. The number of aromatic nitrogens is 5. The molecule has 0 amide bonds. The van der Waals surface area contributed by atoms with Gasteiger partial charge in [0.15, 0.2) is 0 Å². The molecule has 1 fully saturated rings. The van der Waals surface area contributed by atoms with Crippen LogP contribution in [0.15, 0.2) is 29.3 Å². The summed E-state index contributed by atoms with van der Waals surface area (Å²) in [5.41, 5.74) is 0. The van der Waals surface area contributed by atoms with Gasteiger partial charge in [-0.15, -0.1) is 0 Å². The van der Waals surface area contributed by atoms with Crippen molar-refractivity contribution in [2.24, 2.45) is 0 Å². The summed E-state index contributed by atoms with van der Waals surface area (Å²) >= 11 is 3.43. The van der Waals surface area contributed by atoms with Gasteiger partial charge in [-0.2, -0.15) is 20.1 Å². The van der Waals surface area contributed by atoms with Gasteiger partial charge in [-0.25, -0.2) is 0 Å². The molecule has 1 aliphatic heterocycles. The van der Waals surface area contributed by atoms with E-state index in [0.29, 0.717) is 6.04 Å². The molecule has 3 heterocycles. The van der Waals surface area contributed by atoms with E-state index in [1.54, 1.807) is 17.2 Å². The molecule has 1 saturated heterocycles. The zero-order valence-electron chi connectivity index (χ0n) is 9.98. The van der Waals surface area contributed by atoms with Crippen LogP contribution in [0, 0.1) is 0 Å². The third-order valence-corrected chi connectivity index (χ3v) is 3.68. The molecule has 0 aromatic carbocycles. The Hall–Kier alpha value is -1.21. The maximum absolute atomic E-state index is 4.36. The lowest BCUT2D eigenvalue weighted by Gasteiger charge is -2.15. The molecule has 96 valence electrons. The Morgan fingerprint density at radius 2 is 2.06 bits per heavy atom. The number of rotatable bonds is 4. The highest BCUT2D eigenvalue weighted by Gasteiger charge is 2.24. The number of nitrogens with zero attached hydrogens (tertiary/aromatic N) is 6. The fourth-order valence-electron chi connectivity index (χ4n) is 2.34. The van der Waals surface area contributed by atoms with Crippen molar-refractivity contribution in [2.45, 2.75) is 19.0 Å². The highest BCUT2D eigenvalue weighted by atomic mass is 79.9. The molecule has 2 aromatic rings. The zero-order valence-corrected chi connectivity index (χ0v) is 11.6. The Morgan fingerprint density at radius 3 is 2.78 bits per heavy atom. The predicted molar refractivity (Wildman–Crippen MR) is 70.0 cm³/mol. The molecule has 6 nitrogen and oxygen atoms in total. The minimum atomic E-state index is 0.488. The van der Waals surface area contributed by atoms with Gasteiger partial charge < -0.3 is 0 Å². The van der Waals surface area contributed by atoms with Crippen LogP contribution in [0.4, 0.5) is 0 Å². The average Bonchev–Trinajstić information content (AvgIpc) is 3.07. The van der Waals surface area contributed by atoms with E-state index in [4.69, 9.17) is 0 Å². The molecule has 18 heavy (non-hydrogen) atoms. The summed E-state index contributed by atoms with van der Waals surface area (Å²) in [6.45, 7) is 4.01. The van der Waals surface area contributed by atoms with E-state index in [1.807, 2.05) is 12.4 Å². The van der Waals surface area contributed by atoms with Crippen LogP contribution in [0.2, 0.25) is 0 Å². The van der Waals surface area contributed by atoms with Crippen molar-refractivity contribution in [1.82, 2.24) is 29.7 Å². The first-order valence-electron chi connectivity index (χ1n) is 6.07. The molecular weight excluding hydrogens is 296 g/mol. The standard InChI is InChI=1S/C11H15BrN6/c12-10-7-15-17(8-10)11-1-4-16(9-11)5-6-18-13-2-3-14-18/h2-3,7-8,11H,1,4-6,9H2. The summed E-state index contributed by atoms with van der Waals surface area (Å²) in [6.07, 6.45) is 8.47. The van der Waals surface area contributed by atoms with Crippen molar-refractivity contribution in [3.8, 4) is 0 Å². The second-order valence-electron chi connectivity index (χ2n) is 4.51. The topological polar surface area (TPSA) is 51.8 Å². The maximum Gasteiger partial charge on any atom is 0.0734 e. The predicted octanol–water partition coefficient (Wildman–Crippen LogP) is 1.18. The van der Waals surface area contributed by atoms with E-state index in [2.05, 4.69) is 40.8 Å². The molecule has 0 N–H and O–H groups in total. The minimum absolute atomic E-state index is 0.488. The maximum atomic E-state index is 4.36. The largest absolute Gasteiger partial charge is 0.299 e. The van der Waals surface area contributed by atoms with Crippen LogP contribution < -0.4 is 0 Å². The van der Waals surface area contributed by atoms with Gasteiger partial charge in [0.2, 0.25) is 0 Å². The summed E-state index contributed by atoms with van der Waals surface area (Å²) in [7, 11) is 0. The van der Waals surface area contributed by atoms with Crippen molar-refractivity contribution in [2.75, 3.05) is 19.6 Å². The first-order chi connectivity index (χ1) is 8.81. The third kappa shape index (κ3) is 2.62. The smallest absolute Gasteiger partial charge is 0.0734 e. The van der Waals surface area contributed by atoms with Gasteiger partial charge in [-0.1, -0.05) is 0 Å². The van der Waals surface area contributed by atoms with Crippen LogP contribution in [-0.4, -0.2) is 49.3 Å². The second kappa shape index (κ2) is 5.19. The minimum Gasteiger partial charge on any atom is -0.299 e. The average molecular weight is 311 g/mol. The van der Waals surface area contributed by atoms with Gasteiger partial charge in [0.1, 0.15) is 0 Å². The summed E-state index contributed by atoms with van der Waals surface area (Å²) in [5, 5.41) is 12.6. The lowest BCUT2D eigenvalue weighted by molar-refractivity contribution is 0.292. The number of hydrogen-bond donors (Lipinski definition) is 0. The molecule has 0 radical (unpaired) electrons. The van der Waals surface area contributed by atoms with Crippen LogP contribution in [-0.2, 0) is 6.54 Å². The molecule has 3 rings (SSSR count). The van der Waals surface area contributed by atoms with E-state index >= 15 is 0 Å². The fourth-order valence-corrected chi connectivity index (χ4v) is 2.64. The van der Waals surface area contributed by atoms with Crippen molar-refractivity contribution < 1.29 is 0 Å². The lowest BCUT2D eigenvalue weighted by Crippen LogP contribution is -2.26. The second-order valence-corrected chi connectivity index (χ2v) is 5.42. The highest BCUT2D eigenvalue weighted by molar-refractivity contribution is 9.10. The van der Waals surface area contributed by atoms with Gasteiger partial charge in [0.25, 0.3) is 0 Å². The van der Waals surface area contributed by atoms with Gasteiger partial charge >= 0.3 is 0 Å². The molecular formula is C11H15BrN6. The normalized spacial score (nSPS) is 20.6. The molecule has 1 atom stereocenters. The van der Waals surface area contributed by atoms with E-state index in [0.717, 1.165) is 37.1 Å². The first kappa shape index (κ1) is 11.9. The molecule has 7 heteroatoms. The molecule has 0 aliphatic carbocycles. The molecule has 0 bridgehead atoms.